The van der Waals surface area contributed by atoms with E-state index in [1.54, 1.807) is 18.2 Å². The molecule has 11 nitrogen and oxygen atoms in total. The number of aromatic nitrogens is 4. The van der Waals surface area contributed by atoms with E-state index < -0.39 is 35.6 Å². The van der Waals surface area contributed by atoms with Crippen LogP contribution < -0.4 is 19.7 Å². The molecule has 1 fully saturated rings. The Labute approximate surface area is 266 Å². The second-order valence-electron chi connectivity index (χ2n) is 10.1. The van der Waals surface area contributed by atoms with Crippen molar-refractivity contribution in [2.75, 3.05) is 23.1 Å². The van der Waals surface area contributed by atoms with E-state index in [9.17, 15) is 35.9 Å². The van der Waals surface area contributed by atoms with Crippen molar-refractivity contribution in [2.45, 2.75) is 32.3 Å². The van der Waals surface area contributed by atoms with Gasteiger partial charge in [-0.15, -0.1) is 18.3 Å². The number of anilines is 2. The van der Waals surface area contributed by atoms with Crippen LogP contribution in [0.2, 0.25) is 0 Å². The Morgan fingerprint density at radius 1 is 1.02 bits per heavy atom. The Hall–Kier alpha value is -5.13. The van der Waals surface area contributed by atoms with Crippen molar-refractivity contribution in [1.29, 1.82) is 0 Å². The first-order valence-corrected chi connectivity index (χ1v) is 14.5. The number of amidine groups is 1. The number of halogens is 6. The molecule has 4 aromatic rings. The normalized spacial score (nSPS) is 14.6. The van der Waals surface area contributed by atoms with E-state index in [0.29, 0.717) is 11.4 Å². The number of carbonyl (C=O) groups excluding carboxylic acids is 2. The molecule has 1 saturated heterocycles. The highest BCUT2D eigenvalue weighted by molar-refractivity contribution is 8.15. The minimum absolute atomic E-state index is 0.0177. The molecule has 3 heterocycles. The smallest absolute Gasteiger partial charge is 0.497 e. The summed E-state index contributed by atoms with van der Waals surface area (Å²) in [6.45, 7) is 3.83. The molecule has 3 amide bonds. The summed E-state index contributed by atoms with van der Waals surface area (Å²) in [4.78, 5) is 38.7. The molecule has 246 valence electrons. The third-order valence-corrected chi connectivity index (χ3v) is 7.49. The first-order chi connectivity index (χ1) is 22.1. The number of benzene rings is 2. The van der Waals surface area contributed by atoms with Crippen LogP contribution in [0, 0.1) is 0 Å². The lowest BCUT2D eigenvalue weighted by atomic mass is 10.00. The predicted molar refractivity (Wildman–Crippen MR) is 160 cm³/mol. The molecule has 0 saturated carbocycles. The molecule has 0 unspecified atom stereocenters. The summed E-state index contributed by atoms with van der Waals surface area (Å²) in [6.07, 6.45) is -7.94. The number of aliphatic imine (C=N–C) groups is 1. The van der Waals surface area contributed by atoms with Crippen LogP contribution in [-0.2, 0) is 11.0 Å². The zero-order valence-corrected chi connectivity index (χ0v) is 25.4. The summed E-state index contributed by atoms with van der Waals surface area (Å²) < 4.78 is 89.8. The number of methoxy groups -OCH3 is 1. The largest absolute Gasteiger partial charge is 0.573 e. The van der Waals surface area contributed by atoms with E-state index in [2.05, 4.69) is 30.1 Å². The summed E-state index contributed by atoms with van der Waals surface area (Å²) in [5.41, 5.74) is -0.714. The van der Waals surface area contributed by atoms with Crippen molar-refractivity contribution < 1.29 is 45.4 Å². The maximum Gasteiger partial charge on any atom is 0.573 e. The van der Waals surface area contributed by atoms with Gasteiger partial charge in [0.05, 0.1) is 36.0 Å². The second kappa shape index (κ2) is 12.9. The van der Waals surface area contributed by atoms with Crippen molar-refractivity contribution in [3.63, 3.8) is 0 Å². The summed E-state index contributed by atoms with van der Waals surface area (Å²) >= 11 is 0.961. The number of carbonyl (C=O) groups is 2. The minimum Gasteiger partial charge on any atom is -0.497 e. The topological polar surface area (TPSA) is 124 Å². The van der Waals surface area contributed by atoms with Gasteiger partial charge in [0.1, 0.15) is 17.8 Å². The van der Waals surface area contributed by atoms with Gasteiger partial charge in [0.15, 0.2) is 16.8 Å². The summed E-state index contributed by atoms with van der Waals surface area (Å²) in [6, 6.07) is 9.07. The molecule has 2 aromatic heterocycles. The van der Waals surface area contributed by atoms with E-state index in [1.807, 2.05) is 13.8 Å². The minimum atomic E-state index is -4.93. The van der Waals surface area contributed by atoms with Crippen molar-refractivity contribution >= 4 is 40.2 Å². The van der Waals surface area contributed by atoms with Gasteiger partial charge in [0.2, 0.25) is 5.91 Å². The molecule has 5 rings (SSSR count). The van der Waals surface area contributed by atoms with Crippen LogP contribution in [-0.4, -0.2) is 56.1 Å². The summed E-state index contributed by atoms with van der Waals surface area (Å²) in [7, 11) is 1.46. The predicted octanol–water partition coefficient (Wildman–Crippen LogP) is 7.05. The lowest BCUT2D eigenvalue weighted by Gasteiger charge is -2.22. The molecule has 47 heavy (non-hydrogen) atoms. The van der Waals surface area contributed by atoms with Crippen LogP contribution in [0.3, 0.4) is 0 Å². The molecule has 0 atom stereocenters. The second-order valence-corrected chi connectivity index (χ2v) is 11.0. The first kappa shape index (κ1) is 33.2. The maximum absolute atomic E-state index is 14.1. The molecular weight excluding hydrogens is 656 g/mol. The van der Waals surface area contributed by atoms with Gasteiger partial charge >= 0.3 is 18.6 Å². The quantitative estimate of drug-likeness (QED) is 0.206. The number of urea groups is 1. The fourth-order valence-corrected chi connectivity index (χ4v) is 5.34. The van der Waals surface area contributed by atoms with Gasteiger partial charge in [0, 0.05) is 11.6 Å². The van der Waals surface area contributed by atoms with Crippen LogP contribution in [0.15, 0.2) is 66.0 Å². The molecule has 1 aliphatic rings. The molecular formula is C29H23F6N7O4S. The van der Waals surface area contributed by atoms with Crippen LogP contribution in [0.4, 0.5) is 42.5 Å². The number of hydrogen-bond acceptors (Lipinski definition) is 8. The zero-order valence-electron chi connectivity index (χ0n) is 24.6. The summed E-state index contributed by atoms with van der Waals surface area (Å²) in [5.74, 6) is -0.699. The van der Waals surface area contributed by atoms with E-state index in [4.69, 9.17) is 4.74 Å². The highest BCUT2D eigenvalue weighted by Gasteiger charge is 2.36. The standard InChI is InChI=1S/C29H23F6N7O4S/c1-15(2)19-7-5-17(45-3)11-22(19)42-24(43)13-47-27(42)39-26(44)38-21-8-4-16(10-20(21)28(30,31)32)25-37-14-41(40-25)23-9-6-18(12-36-23)46-29(33,34)35/h4-12,14-15H,13H2,1-3H3,(H,38,44). The van der Waals surface area contributed by atoms with Gasteiger partial charge in [-0.2, -0.15) is 18.2 Å². The average Bonchev–Trinajstić information content (AvgIpc) is 3.63. The lowest BCUT2D eigenvalue weighted by molar-refractivity contribution is -0.274. The number of nitrogens with zero attached hydrogens (tertiary/aromatic N) is 6. The number of alkyl halides is 6. The van der Waals surface area contributed by atoms with Crippen LogP contribution >= 0.6 is 11.8 Å². The Kier molecular flexibility index (Phi) is 9.15. The van der Waals surface area contributed by atoms with Crippen LogP contribution in [0.25, 0.3) is 17.2 Å². The van der Waals surface area contributed by atoms with E-state index in [0.717, 1.165) is 58.8 Å². The highest BCUT2D eigenvalue weighted by Crippen LogP contribution is 2.38. The highest BCUT2D eigenvalue weighted by atomic mass is 32.2. The number of ether oxygens (including phenoxy) is 2. The number of thioether (sulfide) groups is 1. The third-order valence-electron chi connectivity index (χ3n) is 6.57. The van der Waals surface area contributed by atoms with Gasteiger partial charge < -0.3 is 14.8 Å². The lowest BCUT2D eigenvalue weighted by Crippen LogP contribution is -2.31. The zero-order chi connectivity index (χ0) is 34.1. The van der Waals surface area contributed by atoms with Crippen molar-refractivity contribution in [2.24, 2.45) is 4.99 Å². The Bertz CT molecular complexity index is 1840. The fourth-order valence-electron chi connectivity index (χ4n) is 4.48. The average molecular weight is 680 g/mol. The number of hydrogen-bond donors (Lipinski definition) is 1. The fraction of sp³-hybridized carbons (Fsp3) is 0.241. The van der Waals surface area contributed by atoms with Gasteiger partial charge in [-0.3, -0.25) is 9.69 Å². The molecule has 0 radical (unpaired) electrons. The SMILES string of the molecule is COc1ccc(C(C)C)c(N2C(=O)CSC2=NC(=O)Nc2ccc(-c3ncn(-c4ccc(OC(F)(F)F)cn4)n3)cc2C(F)(F)F)c1. The summed E-state index contributed by atoms with van der Waals surface area (Å²) in [5, 5.41) is 6.20. The molecule has 18 heteroatoms. The van der Waals surface area contributed by atoms with Gasteiger partial charge in [-0.1, -0.05) is 31.7 Å². The van der Waals surface area contributed by atoms with Crippen LogP contribution in [0.1, 0.15) is 30.9 Å². The molecule has 1 N–H and O–H groups in total. The Morgan fingerprint density at radius 3 is 2.40 bits per heavy atom. The van der Waals surface area contributed by atoms with Gasteiger partial charge in [-0.25, -0.2) is 19.4 Å². The molecule has 1 aliphatic heterocycles. The van der Waals surface area contributed by atoms with E-state index >= 15 is 0 Å². The number of rotatable bonds is 7. The van der Waals surface area contributed by atoms with E-state index in [1.165, 1.54) is 18.1 Å². The van der Waals surface area contributed by atoms with Crippen LogP contribution in [0.5, 0.6) is 11.5 Å². The number of pyridine rings is 1. The number of amides is 3. The van der Waals surface area contributed by atoms with Gasteiger partial charge in [-0.05, 0) is 47.9 Å². The van der Waals surface area contributed by atoms with Crippen molar-refractivity contribution in [3.8, 4) is 28.7 Å². The van der Waals surface area contributed by atoms with Crippen molar-refractivity contribution in [1.82, 2.24) is 19.7 Å². The van der Waals surface area contributed by atoms with E-state index in [-0.39, 0.29) is 40.0 Å². The Balaban J connectivity index is 1.39. The number of nitrogens with one attached hydrogen (secondary N) is 1. The molecule has 0 bridgehead atoms. The molecule has 0 spiro atoms. The first-order valence-electron chi connectivity index (χ1n) is 13.5. The third kappa shape index (κ3) is 7.65. The Morgan fingerprint density at radius 2 is 1.77 bits per heavy atom. The maximum atomic E-state index is 14.1. The van der Waals surface area contributed by atoms with Gasteiger partial charge in [0.25, 0.3) is 0 Å². The molecule has 0 aliphatic carbocycles. The monoisotopic (exact) mass is 679 g/mol. The molecule has 2 aromatic carbocycles. The van der Waals surface area contributed by atoms with Crippen molar-refractivity contribution in [3.05, 3.63) is 72.2 Å².